The number of hydrogen-bond acceptors (Lipinski definition) is 8. The second kappa shape index (κ2) is 21.5. The van der Waals surface area contributed by atoms with Gasteiger partial charge in [-0.3, -0.25) is 4.98 Å². The molecule has 0 fully saturated rings. The molecule has 1 aliphatic rings. The lowest BCUT2D eigenvalue weighted by Crippen LogP contribution is -2.33. The Bertz CT molecular complexity index is 834. The molecule has 1 aromatic rings. The van der Waals surface area contributed by atoms with E-state index in [-0.39, 0.29) is 30.3 Å². The summed E-state index contributed by atoms with van der Waals surface area (Å²) in [5.74, 6) is -2.27. The zero-order chi connectivity index (χ0) is 27.4. The molecule has 9 heteroatoms. The smallest absolute Gasteiger partial charge is 0.378 e. The van der Waals surface area contributed by atoms with Crippen LogP contribution in [0.5, 0.6) is 0 Å². The third-order valence-corrected chi connectivity index (χ3v) is 6.80. The number of nitrogens with zero attached hydrogens (tertiary/aromatic N) is 1. The summed E-state index contributed by atoms with van der Waals surface area (Å²) in [5.41, 5.74) is 0.228. The molecular weight excluding hydrogens is 522 g/mol. The summed E-state index contributed by atoms with van der Waals surface area (Å²) >= 11 is 0. The van der Waals surface area contributed by atoms with Crippen molar-refractivity contribution < 1.29 is 34.0 Å². The molecule has 0 amide bonds. The molecule has 1 aromatic heterocycles. The van der Waals surface area contributed by atoms with Crippen molar-refractivity contribution in [3.05, 3.63) is 41.6 Å². The summed E-state index contributed by atoms with van der Waals surface area (Å²) in [5, 5.41) is 20.6. The average Bonchev–Trinajstić information content (AvgIpc) is 3.22. The van der Waals surface area contributed by atoms with Crippen LogP contribution >= 0.6 is 12.4 Å². The third kappa shape index (κ3) is 14.0. The van der Waals surface area contributed by atoms with Crippen LogP contribution in [0, 0.1) is 0 Å². The molecule has 39 heavy (non-hydrogen) atoms. The van der Waals surface area contributed by atoms with Crippen LogP contribution < -0.4 is 0 Å². The van der Waals surface area contributed by atoms with Crippen molar-refractivity contribution in [3.8, 4) is 0 Å². The van der Waals surface area contributed by atoms with Crippen LogP contribution in [0.25, 0.3) is 0 Å². The number of pyridine rings is 1. The maximum atomic E-state index is 12.1. The lowest BCUT2D eigenvalue weighted by atomic mass is 10.0. The monoisotopic (exact) mass is 569 g/mol. The largest absolute Gasteiger partial charge is 0.505 e. The van der Waals surface area contributed by atoms with E-state index in [1.165, 1.54) is 102 Å². The van der Waals surface area contributed by atoms with E-state index in [9.17, 15) is 19.8 Å². The van der Waals surface area contributed by atoms with Gasteiger partial charge in [0.2, 0.25) is 5.76 Å². The maximum Gasteiger partial charge on any atom is 0.378 e. The number of aliphatic hydroxyl groups excluding tert-OH is 2. The number of ether oxygens (including phenoxy) is 3. The second-order valence-corrected chi connectivity index (χ2v) is 10.1. The van der Waals surface area contributed by atoms with Crippen molar-refractivity contribution in [3.63, 3.8) is 0 Å². The fraction of sp³-hybridized carbons (Fsp3) is 0.700. The molecule has 2 heterocycles. The van der Waals surface area contributed by atoms with Gasteiger partial charge in [0, 0.05) is 12.4 Å². The molecule has 0 aliphatic carbocycles. The Labute approximate surface area is 239 Å². The van der Waals surface area contributed by atoms with Gasteiger partial charge in [0.1, 0.15) is 12.7 Å². The Morgan fingerprint density at radius 1 is 0.949 bits per heavy atom. The van der Waals surface area contributed by atoms with Gasteiger partial charge >= 0.3 is 11.9 Å². The van der Waals surface area contributed by atoms with Crippen LogP contribution in [-0.2, 0) is 19.0 Å². The highest BCUT2D eigenvalue weighted by atomic mass is 35.5. The molecule has 0 radical (unpaired) electrons. The molecule has 0 saturated heterocycles. The van der Waals surface area contributed by atoms with Crippen LogP contribution in [-0.4, -0.2) is 52.6 Å². The van der Waals surface area contributed by atoms with Gasteiger partial charge in [0.25, 0.3) is 0 Å². The fourth-order valence-corrected chi connectivity index (χ4v) is 4.49. The van der Waals surface area contributed by atoms with Crippen LogP contribution in [0.2, 0.25) is 0 Å². The molecule has 222 valence electrons. The van der Waals surface area contributed by atoms with Gasteiger partial charge in [0.05, 0.1) is 12.2 Å². The van der Waals surface area contributed by atoms with E-state index < -0.39 is 36.5 Å². The number of hydrogen-bond donors (Lipinski definition) is 2. The molecule has 0 bridgehead atoms. The molecule has 1 aliphatic heterocycles. The average molecular weight is 570 g/mol. The van der Waals surface area contributed by atoms with Gasteiger partial charge in [-0.1, -0.05) is 103 Å². The van der Waals surface area contributed by atoms with Gasteiger partial charge in [-0.2, -0.15) is 0 Å². The van der Waals surface area contributed by atoms with Gasteiger partial charge in [-0.15, -0.1) is 12.4 Å². The summed E-state index contributed by atoms with van der Waals surface area (Å²) in [6.45, 7) is 2.09. The summed E-state index contributed by atoms with van der Waals surface area (Å²) in [4.78, 5) is 27.9. The highest BCUT2D eigenvalue weighted by molar-refractivity contribution is 5.90. The molecule has 0 spiro atoms. The van der Waals surface area contributed by atoms with Crippen LogP contribution in [0.15, 0.2) is 36.0 Å². The van der Waals surface area contributed by atoms with Crippen molar-refractivity contribution in [2.24, 2.45) is 0 Å². The standard InChI is InChI=1S/C30H47NO7.ClH/c1-2-3-4-5-6-7-8-9-10-11-12-13-14-15-16-17-21-36-28-26(33)27(38-30(28)35)25(32)23-37-29(34)24-19-18-20-31-22-24;/h18-20,22,25,27,32-33H,2-17,21,23H2,1H3;1H/t25-,27+;/m0./s1. The number of aliphatic hydroxyl groups is 2. The van der Waals surface area contributed by atoms with Gasteiger partial charge in [-0.25, -0.2) is 9.59 Å². The van der Waals surface area contributed by atoms with E-state index in [4.69, 9.17) is 14.2 Å². The molecule has 8 nitrogen and oxygen atoms in total. The van der Waals surface area contributed by atoms with Crippen LogP contribution in [0.3, 0.4) is 0 Å². The molecule has 2 atom stereocenters. The van der Waals surface area contributed by atoms with Crippen molar-refractivity contribution in [2.75, 3.05) is 13.2 Å². The predicted octanol–water partition coefficient (Wildman–Crippen LogP) is 6.99. The number of rotatable bonds is 22. The lowest BCUT2D eigenvalue weighted by Gasteiger charge is -2.17. The highest BCUT2D eigenvalue weighted by Gasteiger charge is 2.41. The van der Waals surface area contributed by atoms with E-state index in [0.29, 0.717) is 0 Å². The fourth-order valence-electron chi connectivity index (χ4n) is 4.49. The van der Waals surface area contributed by atoms with Crippen LogP contribution in [0.4, 0.5) is 0 Å². The normalized spacial score (nSPS) is 15.5. The van der Waals surface area contributed by atoms with E-state index in [2.05, 4.69) is 11.9 Å². The van der Waals surface area contributed by atoms with Crippen molar-refractivity contribution >= 4 is 24.3 Å². The predicted molar refractivity (Wildman–Crippen MR) is 153 cm³/mol. The van der Waals surface area contributed by atoms with Gasteiger partial charge in [-0.05, 0) is 18.6 Å². The number of unbranched alkanes of at least 4 members (excludes halogenated alkanes) is 15. The number of halogens is 1. The lowest BCUT2D eigenvalue weighted by molar-refractivity contribution is -0.148. The van der Waals surface area contributed by atoms with Crippen molar-refractivity contribution in [1.82, 2.24) is 4.98 Å². The van der Waals surface area contributed by atoms with Crippen LogP contribution in [0.1, 0.15) is 120 Å². The molecule has 2 rings (SSSR count). The minimum atomic E-state index is -1.42. The number of cyclic esters (lactones) is 1. The third-order valence-electron chi connectivity index (χ3n) is 6.80. The minimum Gasteiger partial charge on any atom is -0.505 e. The first kappa shape index (κ1) is 34.7. The second-order valence-electron chi connectivity index (χ2n) is 10.1. The zero-order valence-corrected chi connectivity index (χ0v) is 24.3. The van der Waals surface area contributed by atoms with E-state index in [1.54, 1.807) is 6.07 Å². The summed E-state index contributed by atoms with van der Waals surface area (Å²) in [6.07, 6.45) is 20.4. The summed E-state index contributed by atoms with van der Waals surface area (Å²) < 4.78 is 15.5. The number of aromatic nitrogens is 1. The molecule has 0 aromatic carbocycles. The number of carbonyl (C=O) groups excluding carboxylic acids is 2. The first-order valence-electron chi connectivity index (χ1n) is 14.6. The molecule has 0 unspecified atom stereocenters. The zero-order valence-electron chi connectivity index (χ0n) is 23.5. The first-order valence-corrected chi connectivity index (χ1v) is 14.6. The first-order chi connectivity index (χ1) is 18.5. The topological polar surface area (TPSA) is 115 Å². The molecule has 2 N–H and O–H groups in total. The molecule has 0 saturated carbocycles. The van der Waals surface area contributed by atoms with Crippen molar-refractivity contribution in [2.45, 2.75) is 122 Å². The SMILES string of the molecule is CCCCCCCCCCCCCCCCCCOC1=C(O)[C@@H]([C@@H](O)COC(=O)c2cccnc2)OC1=O.Cl. The Balaban J connectivity index is 0.00000760. The maximum absolute atomic E-state index is 12.1. The van der Waals surface area contributed by atoms with E-state index in [0.717, 1.165) is 19.3 Å². The Morgan fingerprint density at radius 3 is 2.00 bits per heavy atom. The van der Waals surface area contributed by atoms with E-state index in [1.807, 2.05) is 0 Å². The quantitative estimate of drug-likeness (QED) is 0.113. The summed E-state index contributed by atoms with van der Waals surface area (Å²) in [7, 11) is 0. The van der Waals surface area contributed by atoms with E-state index >= 15 is 0 Å². The Morgan fingerprint density at radius 2 is 1.49 bits per heavy atom. The van der Waals surface area contributed by atoms with Gasteiger partial charge < -0.3 is 24.4 Å². The molecular formula is C30H48ClNO7. The minimum absolute atomic E-state index is 0. The number of esters is 2. The number of carbonyl (C=O) groups is 2. The Kier molecular flexibility index (Phi) is 19.1. The Hall–Kier alpha value is -2.32. The van der Waals surface area contributed by atoms with Crippen molar-refractivity contribution in [1.29, 1.82) is 0 Å². The summed E-state index contributed by atoms with van der Waals surface area (Å²) in [6, 6.07) is 3.11. The highest BCUT2D eigenvalue weighted by Crippen LogP contribution is 2.25. The van der Waals surface area contributed by atoms with Gasteiger partial charge in [0.15, 0.2) is 11.9 Å².